The van der Waals surface area contributed by atoms with Gasteiger partial charge in [-0.05, 0) is 19.1 Å². The molecule has 3 heterocycles. The number of aromatic nitrogens is 6. The Morgan fingerprint density at radius 2 is 2.20 bits per heavy atom. The van der Waals surface area contributed by atoms with E-state index in [4.69, 9.17) is 4.52 Å². The molecule has 0 unspecified atom stereocenters. The van der Waals surface area contributed by atoms with Crippen molar-refractivity contribution in [3.63, 3.8) is 0 Å². The summed E-state index contributed by atoms with van der Waals surface area (Å²) in [6, 6.07) is 7.99. The first-order valence-electron chi connectivity index (χ1n) is 7.51. The average molecular weight is 370 g/mol. The molecule has 0 atom stereocenters. The second-order valence-electron chi connectivity index (χ2n) is 5.41. The van der Waals surface area contributed by atoms with Crippen molar-refractivity contribution in [2.45, 2.75) is 17.8 Å². The van der Waals surface area contributed by atoms with Gasteiger partial charge in [-0.15, -0.1) is 21.5 Å². The van der Waals surface area contributed by atoms with Gasteiger partial charge >= 0.3 is 0 Å². The molecule has 126 valence electrons. The summed E-state index contributed by atoms with van der Waals surface area (Å²) in [5.74, 6) is 2.45. The van der Waals surface area contributed by atoms with Gasteiger partial charge in [0.1, 0.15) is 5.69 Å². The van der Waals surface area contributed by atoms with Crippen LogP contribution in [-0.4, -0.2) is 29.9 Å². The van der Waals surface area contributed by atoms with E-state index in [1.165, 1.54) is 23.1 Å². The molecule has 0 spiro atoms. The molecule has 0 amide bonds. The zero-order chi connectivity index (χ0) is 17.2. The fourth-order valence-corrected chi connectivity index (χ4v) is 3.61. The van der Waals surface area contributed by atoms with Crippen molar-refractivity contribution in [2.75, 3.05) is 0 Å². The van der Waals surface area contributed by atoms with Crippen LogP contribution in [-0.2, 0) is 12.8 Å². The lowest BCUT2D eigenvalue weighted by Gasteiger charge is -2.00. The van der Waals surface area contributed by atoms with Gasteiger partial charge < -0.3 is 9.09 Å². The number of aryl methyl sites for hydroxylation is 1. The van der Waals surface area contributed by atoms with Crippen LogP contribution in [0.2, 0.25) is 0 Å². The van der Waals surface area contributed by atoms with Crippen molar-refractivity contribution in [1.29, 1.82) is 0 Å². The van der Waals surface area contributed by atoms with E-state index in [1.54, 1.807) is 5.51 Å². The minimum atomic E-state index is 0.528. The van der Waals surface area contributed by atoms with Crippen LogP contribution in [0.15, 0.2) is 44.8 Å². The van der Waals surface area contributed by atoms with Crippen molar-refractivity contribution in [1.82, 2.24) is 29.9 Å². The number of hydrogen-bond acceptors (Lipinski definition) is 8. The van der Waals surface area contributed by atoms with E-state index in [0.29, 0.717) is 17.5 Å². The highest BCUT2D eigenvalue weighted by Gasteiger charge is 2.15. The van der Waals surface area contributed by atoms with Crippen molar-refractivity contribution >= 4 is 23.1 Å². The molecule has 0 saturated carbocycles. The van der Waals surface area contributed by atoms with Crippen molar-refractivity contribution in [2.24, 2.45) is 7.05 Å². The average Bonchev–Trinajstić information content (AvgIpc) is 3.34. The van der Waals surface area contributed by atoms with E-state index < -0.39 is 0 Å². The summed E-state index contributed by atoms with van der Waals surface area (Å²) in [4.78, 5) is 8.73. The van der Waals surface area contributed by atoms with Crippen LogP contribution < -0.4 is 0 Å². The number of rotatable bonds is 5. The van der Waals surface area contributed by atoms with Crippen molar-refractivity contribution in [3.8, 4) is 23.0 Å². The van der Waals surface area contributed by atoms with Crippen molar-refractivity contribution in [3.05, 3.63) is 46.5 Å². The predicted molar refractivity (Wildman–Crippen MR) is 96.1 cm³/mol. The molecule has 1 aromatic carbocycles. The fraction of sp³-hybridized carbons (Fsp3) is 0.188. The Morgan fingerprint density at radius 1 is 1.28 bits per heavy atom. The maximum absolute atomic E-state index is 5.36. The normalized spacial score (nSPS) is 11.1. The van der Waals surface area contributed by atoms with Crippen LogP contribution in [0.25, 0.3) is 23.0 Å². The molecule has 4 aromatic rings. The third kappa shape index (κ3) is 3.33. The number of nitrogens with zero attached hydrogens (tertiary/aromatic N) is 6. The number of thioether (sulfide) groups is 1. The minimum absolute atomic E-state index is 0.528. The first kappa shape index (κ1) is 16.0. The Hall–Kier alpha value is -2.52. The zero-order valence-electron chi connectivity index (χ0n) is 13.6. The quantitative estimate of drug-likeness (QED) is 0.496. The van der Waals surface area contributed by atoms with Gasteiger partial charge in [0.2, 0.25) is 0 Å². The van der Waals surface area contributed by atoms with Gasteiger partial charge in [0.15, 0.2) is 16.8 Å². The molecule has 0 saturated heterocycles. The Morgan fingerprint density at radius 3 is 3.00 bits per heavy atom. The summed E-state index contributed by atoms with van der Waals surface area (Å²) >= 11 is 3.04. The van der Waals surface area contributed by atoms with Gasteiger partial charge in [0.05, 0.1) is 11.3 Å². The Balaban J connectivity index is 1.48. The molecule has 0 aliphatic carbocycles. The summed E-state index contributed by atoms with van der Waals surface area (Å²) < 4.78 is 7.28. The largest absolute Gasteiger partial charge is 0.334 e. The smallest absolute Gasteiger partial charge is 0.257 e. The molecule has 0 fully saturated rings. The zero-order valence-corrected chi connectivity index (χ0v) is 15.2. The van der Waals surface area contributed by atoms with E-state index in [9.17, 15) is 0 Å². The molecule has 4 rings (SSSR count). The first-order valence-corrected chi connectivity index (χ1v) is 9.44. The molecule has 0 bridgehead atoms. The second-order valence-corrected chi connectivity index (χ2v) is 7.07. The first-order chi connectivity index (χ1) is 12.2. The van der Waals surface area contributed by atoms with E-state index in [-0.39, 0.29) is 0 Å². The maximum Gasteiger partial charge on any atom is 0.257 e. The van der Waals surface area contributed by atoms with Gasteiger partial charge in [-0.3, -0.25) is 0 Å². The monoisotopic (exact) mass is 370 g/mol. The Bertz CT molecular complexity index is 992. The second kappa shape index (κ2) is 6.77. The van der Waals surface area contributed by atoms with Gasteiger partial charge in [-0.1, -0.05) is 34.6 Å². The van der Waals surface area contributed by atoms with Crippen LogP contribution in [0.1, 0.15) is 11.4 Å². The molecule has 9 heteroatoms. The molecule has 0 N–H and O–H groups in total. The number of thiazole rings is 1. The maximum atomic E-state index is 5.36. The van der Waals surface area contributed by atoms with Gasteiger partial charge in [-0.25, -0.2) is 4.98 Å². The lowest BCUT2D eigenvalue weighted by Crippen LogP contribution is -1.95. The Labute approximate surface area is 152 Å². The lowest BCUT2D eigenvalue weighted by atomic mass is 10.1. The van der Waals surface area contributed by atoms with Gasteiger partial charge in [-0.2, -0.15) is 4.98 Å². The van der Waals surface area contributed by atoms with Crippen LogP contribution in [0.3, 0.4) is 0 Å². The van der Waals surface area contributed by atoms with Gasteiger partial charge in [0.25, 0.3) is 5.89 Å². The molecular formula is C16H14N6OS2. The van der Waals surface area contributed by atoms with Crippen LogP contribution >= 0.6 is 23.1 Å². The van der Waals surface area contributed by atoms with E-state index in [2.05, 4.69) is 25.3 Å². The summed E-state index contributed by atoms with van der Waals surface area (Å²) in [6.45, 7) is 2.03. The lowest BCUT2D eigenvalue weighted by molar-refractivity contribution is 0.425. The highest BCUT2D eigenvalue weighted by atomic mass is 32.2. The summed E-state index contributed by atoms with van der Waals surface area (Å²) in [5.41, 5.74) is 4.69. The predicted octanol–water partition coefficient (Wildman–Crippen LogP) is 3.59. The molecule has 25 heavy (non-hydrogen) atoms. The fourth-order valence-electron chi connectivity index (χ4n) is 2.32. The Kier molecular flexibility index (Phi) is 4.33. The van der Waals surface area contributed by atoms with Crippen LogP contribution in [0.5, 0.6) is 0 Å². The topological polar surface area (TPSA) is 82.5 Å². The molecular weight excluding hydrogens is 356 g/mol. The number of hydrogen-bond donors (Lipinski definition) is 0. The molecule has 3 aromatic heterocycles. The van der Waals surface area contributed by atoms with Crippen LogP contribution in [0.4, 0.5) is 0 Å². The summed E-state index contributed by atoms with van der Waals surface area (Å²) in [7, 11) is 1.92. The molecule has 0 radical (unpaired) electrons. The van der Waals surface area contributed by atoms with E-state index in [0.717, 1.165) is 27.8 Å². The third-order valence-corrected chi connectivity index (χ3v) is 5.16. The van der Waals surface area contributed by atoms with Crippen molar-refractivity contribution < 1.29 is 4.52 Å². The van der Waals surface area contributed by atoms with Gasteiger partial charge in [0, 0.05) is 18.0 Å². The standard InChI is InChI=1S/C16H14N6OS2/c1-10-4-3-5-11(6-10)15-18-13(21-23-15)8-25-16-20-19-14(22(16)2)12-7-24-9-17-12/h3-7,9H,8H2,1-2H3. The van der Waals surface area contributed by atoms with Crippen LogP contribution in [0, 0.1) is 6.92 Å². The number of benzene rings is 1. The third-order valence-electron chi connectivity index (χ3n) is 3.56. The highest BCUT2D eigenvalue weighted by molar-refractivity contribution is 7.98. The SMILES string of the molecule is Cc1cccc(-c2nc(CSc3nnc(-c4cscn4)n3C)no2)c1. The van der Waals surface area contributed by atoms with E-state index in [1.807, 2.05) is 48.2 Å². The molecule has 0 aliphatic heterocycles. The van der Waals surface area contributed by atoms with E-state index >= 15 is 0 Å². The summed E-state index contributed by atoms with van der Waals surface area (Å²) in [6.07, 6.45) is 0. The summed E-state index contributed by atoms with van der Waals surface area (Å²) in [5, 5.41) is 15.2. The molecule has 0 aliphatic rings. The minimum Gasteiger partial charge on any atom is -0.334 e. The molecule has 7 nitrogen and oxygen atoms in total. The highest BCUT2D eigenvalue weighted by Crippen LogP contribution is 2.25.